The fourth-order valence-electron chi connectivity index (χ4n) is 1.46. The van der Waals surface area contributed by atoms with Gasteiger partial charge < -0.3 is 0 Å². The van der Waals surface area contributed by atoms with Crippen LogP contribution in [0.4, 0.5) is 0 Å². The van der Waals surface area contributed by atoms with E-state index in [1.165, 1.54) is 16.9 Å². The lowest BCUT2D eigenvalue weighted by molar-refractivity contribution is 0.112. The molecule has 14 heavy (non-hydrogen) atoms. The number of hydrogen-bond donors (Lipinski definition) is 0. The minimum absolute atomic E-state index is 0.570. The topological polar surface area (TPSA) is 30.0 Å². The molecule has 0 spiro atoms. The molecule has 0 saturated carbocycles. The van der Waals surface area contributed by atoms with Crippen molar-refractivity contribution in [2.45, 2.75) is 19.3 Å². The van der Waals surface area contributed by atoms with Gasteiger partial charge in [-0.05, 0) is 18.4 Å². The van der Waals surface area contributed by atoms with Crippen molar-refractivity contribution in [3.63, 3.8) is 0 Å². The van der Waals surface area contributed by atoms with Gasteiger partial charge in [0.1, 0.15) is 0 Å². The van der Waals surface area contributed by atoms with E-state index in [1.807, 2.05) is 0 Å². The Bertz CT molecular complexity index is 390. The van der Waals surface area contributed by atoms with Crippen LogP contribution >= 0.6 is 11.3 Å². The summed E-state index contributed by atoms with van der Waals surface area (Å²) in [6.45, 7) is 0. The van der Waals surface area contributed by atoms with Crippen LogP contribution in [-0.4, -0.2) is 11.3 Å². The van der Waals surface area contributed by atoms with Crippen LogP contribution in [0.5, 0.6) is 0 Å². The summed E-state index contributed by atoms with van der Waals surface area (Å²) in [6.07, 6.45) is 12.4. The average Bonchev–Trinajstić information content (AvgIpc) is 2.67. The SMILES string of the molecule is O=Cc1ncc(CC2=CCCC=C2)s1. The molecule has 3 heteroatoms. The summed E-state index contributed by atoms with van der Waals surface area (Å²) in [7, 11) is 0. The Balaban J connectivity index is 2.06. The van der Waals surface area contributed by atoms with E-state index in [2.05, 4.69) is 23.2 Å². The monoisotopic (exact) mass is 205 g/mol. The van der Waals surface area contributed by atoms with Gasteiger partial charge in [0.15, 0.2) is 11.3 Å². The third-order valence-corrected chi connectivity index (χ3v) is 3.05. The second kappa shape index (κ2) is 4.33. The van der Waals surface area contributed by atoms with Crippen LogP contribution < -0.4 is 0 Å². The molecule has 0 aliphatic heterocycles. The van der Waals surface area contributed by atoms with Crippen molar-refractivity contribution < 1.29 is 4.79 Å². The first-order valence-corrected chi connectivity index (χ1v) is 5.45. The Kier molecular flexibility index (Phi) is 2.89. The van der Waals surface area contributed by atoms with Gasteiger partial charge in [-0.3, -0.25) is 4.79 Å². The van der Waals surface area contributed by atoms with Crippen LogP contribution in [0.3, 0.4) is 0 Å². The first-order valence-electron chi connectivity index (χ1n) is 4.64. The minimum Gasteiger partial charge on any atom is -0.295 e. The van der Waals surface area contributed by atoms with Crippen LogP contribution in [-0.2, 0) is 6.42 Å². The first kappa shape index (κ1) is 9.34. The molecule has 1 aliphatic carbocycles. The zero-order valence-electron chi connectivity index (χ0n) is 7.77. The van der Waals surface area contributed by atoms with Gasteiger partial charge in [0.05, 0.1) is 0 Å². The molecular weight excluding hydrogens is 194 g/mol. The maximum atomic E-state index is 10.4. The summed E-state index contributed by atoms with van der Waals surface area (Å²) in [5.41, 5.74) is 1.33. The first-order chi connectivity index (χ1) is 6.88. The Morgan fingerprint density at radius 1 is 1.50 bits per heavy atom. The highest BCUT2D eigenvalue weighted by atomic mass is 32.1. The zero-order chi connectivity index (χ0) is 9.80. The molecule has 2 rings (SSSR count). The third-order valence-electron chi connectivity index (χ3n) is 2.12. The average molecular weight is 205 g/mol. The molecule has 0 saturated heterocycles. The number of rotatable bonds is 3. The highest BCUT2D eigenvalue weighted by Crippen LogP contribution is 2.19. The van der Waals surface area contributed by atoms with Crippen LogP contribution in [0.2, 0.25) is 0 Å². The standard InChI is InChI=1S/C11H11NOS/c13-8-11-12-7-10(14-11)6-9-4-2-1-3-5-9/h2,4-5,7-8H,1,3,6H2. The van der Waals surface area contributed by atoms with Crippen LogP contribution in [0.1, 0.15) is 27.5 Å². The molecule has 1 heterocycles. The summed E-state index contributed by atoms with van der Waals surface area (Å²) in [4.78, 5) is 15.6. The van der Waals surface area contributed by atoms with Crippen molar-refractivity contribution in [1.29, 1.82) is 0 Å². The number of aromatic nitrogens is 1. The molecule has 0 unspecified atom stereocenters. The molecule has 1 aromatic heterocycles. The molecule has 72 valence electrons. The lowest BCUT2D eigenvalue weighted by Gasteiger charge is -2.03. The fourth-order valence-corrected chi connectivity index (χ4v) is 2.23. The highest BCUT2D eigenvalue weighted by Gasteiger charge is 2.03. The van der Waals surface area contributed by atoms with Crippen molar-refractivity contribution in [1.82, 2.24) is 4.98 Å². The van der Waals surface area contributed by atoms with Crippen molar-refractivity contribution in [2.24, 2.45) is 0 Å². The quantitative estimate of drug-likeness (QED) is 0.710. The predicted molar refractivity (Wildman–Crippen MR) is 57.7 cm³/mol. The number of aldehydes is 1. The molecular formula is C11H11NOS. The number of carbonyl (C=O) groups excluding carboxylic acids is 1. The summed E-state index contributed by atoms with van der Waals surface area (Å²) >= 11 is 1.47. The number of hydrogen-bond acceptors (Lipinski definition) is 3. The molecule has 2 nitrogen and oxygen atoms in total. The summed E-state index contributed by atoms with van der Waals surface area (Å²) in [6, 6.07) is 0. The largest absolute Gasteiger partial charge is 0.295 e. The van der Waals surface area contributed by atoms with Crippen LogP contribution in [0.15, 0.2) is 30.0 Å². The Labute approximate surface area is 87.0 Å². The molecule has 1 aromatic rings. The van der Waals surface area contributed by atoms with Crippen molar-refractivity contribution in [3.8, 4) is 0 Å². The lowest BCUT2D eigenvalue weighted by Crippen LogP contribution is -1.88. The maximum Gasteiger partial charge on any atom is 0.178 e. The second-order valence-corrected chi connectivity index (χ2v) is 4.36. The number of allylic oxidation sites excluding steroid dienone is 4. The molecule has 0 fully saturated rings. The second-order valence-electron chi connectivity index (χ2n) is 3.22. The van der Waals surface area contributed by atoms with E-state index in [9.17, 15) is 4.79 Å². The summed E-state index contributed by atoms with van der Waals surface area (Å²) < 4.78 is 0. The molecule has 0 radical (unpaired) electrons. The van der Waals surface area contributed by atoms with E-state index < -0.39 is 0 Å². The van der Waals surface area contributed by atoms with E-state index >= 15 is 0 Å². The summed E-state index contributed by atoms with van der Waals surface area (Å²) in [5.74, 6) is 0. The third kappa shape index (κ3) is 2.17. The van der Waals surface area contributed by atoms with Crippen molar-refractivity contribution in [3.05, 3.63) is 39.9 Å². The van der Waals surface area contributed by atoms with E-state index in [1.54, 1.807) is 6.20 Å². The van der Waals surface area contributed by atoms with Gasteiger partial charge in [-0.25, -0.2) is 4.98 Å². The van der Waals surface area contributed by atoms with Crippen molar-refractivity contribution >= 4 is 17.6 Å². The normalized spacial score (nSPS) is 15.3. The Morgan fingerprint density at radius 3 is 3.07 bits per heavy atom. The van der Waals surface area contributed by atoms with Crippen LogP contribution in [0, 0.1) is 0 Å². The van der Waals surface area contributed by atoms with Gasteiger partial charge in [-0.15, -0.1) is 11.3 Å². The fraction of sp³-hybridized carbons (Fsp3) is 0.273. The Morgan fingerprint density at radius 2 is 2.43 bits per heavy atom. The van der Waals surface area contributed by atoms with Gasteiger partial charge in [0.25, 0.3) is 0 Å². The van der Waals surface area contributed by atoms with Gasteiger partial charge in [-0.1, -0.05) is 18.2 Å². The molecule has 1 aliphatic rings. The Hall–Kier alpha value is -1.22. The molecule has 0 N–H and O–H groups in total. The van der Waals surface area contributed by atoms with E-state index in [4.69, 9.17) is 0 Å². The van der Waals surface area contributed by atoms with Gasteiger partial charge in [-0.2, -0.15) is 0 Å². The molecule has 0 bridgehead atoms. The predicted octanol–water partition coefficient (Wildman–Crippen LogP) is 2.77. The van der Waals surface area contributed by atoms with E-state index in [-0.39, 0.29) is 0 Å². The molecule has 0 atom stereocenters. The number of nitrogens with zero attached hydrogens (tertiary/aromatic N) is 1. The van der Waals surface area contributed by atoms with Gasteiger partial charge in [0, 0.05) is 17.5 Å². The lowest BCUT2D eigenvalue weighted by atomic mass is 10.0. The molecule has 0 aromatic carbocycles. The smallest absolute Gasteiger partial charge is 0.178 e. The van der Waals surface area contributed by atoms with Gasteiger partial charge in [0.2, 0.25) is 0 Å². The highest BCUT2D eigenvalue weighted by molar-refractivity contribution is 7.13. The van der Waals surface area contributed by atoms with Crippen LogP contribution in [0.25, 0.3) is 0 Å². The molecule has 0 amide bonds. The van der Waals surface area contributed by atoms with Gasteiger partial charge >= 0.3 is 0 Å². The van der Waals surface area contributed by atoms with E-state index in [0.29, 0.717) is 5.01 Å². The maximum absolute atomic E-state index is 10.4. The summed E-state index contributed by atoms with van der Waals surface area (Å²) in [5, 5.41) is 0.570. The van der Waals surface area contributed by atoms with E-state index in [0.717, 1.165) is 30.4 Å². The van der Waals surface area contributed by atoms with Crippen molar-refractivity contribution in [2.75, 3.05) is 0 Å². The number of thiazole rings is 1. The minimum atomic E-state index is 0.570. The zero-order valence-corrected chi connectivity index (χ0v) is 8.59. The number of carbonyl (C=O) groups is 1.